The average Bonchev–Trinajstić information content (AvgIpc) is 3.18. The molecule has 0 saturated heterocycles. The van der Waals surface area contributed by atoms with E-state index in [2.05, 4.69) is 5.32 Å². The van der Waals surface area contributed by atoms with Crippen LogP contribution in [0.3, 0.4) is 0 Å². The Kier molecular flexibility index (Phi) is 7.16. The number of ketones is 1. The summed E-state index contributed by atoms with van der Waals surface area (Å²) in [5.41, 5.74) is -0.553. The van der Waals surface area contributed by atoms with Crippen molar-refractivity contribution in [1.82, 2.24) is 5.32 Å². The van der Waals surface area contributed by atoms with Crippen LogP contribution in [0, 0.1) is 17.3 Å². The highest BCUT2D eigenvalue weighted by molar-refractivity contribution is 5.93. The summed E-state index contributed by atoms with van der Waals surface area (Å²) >= 11 is 0. The number of nitrogens with one attached hydrogen (secondary N) is 1. The Morgan fingerprint density at radius 1 is 1.10 bits per heavy atom. The molecule has 1 aromatic carbocycles. The van der Waals surface area contributed by atoms with Gasteiger partial charge in [0, 0.05) is 24.3 Å². The largest absolute Gasteiger partial charge is 0.456 e. The fraction of sp³-hybridized carbons (Fsp3) is 0.600. The Labute approximate surface area is 229 Å². The Balaban J connectivity index is 1.57. The average molecular weight is 568 g/mol. The number of benzene rings is 1. The number of amides is 1. The summed E-state index contributed by atoms with van der Waals surface area (Å²) in [6.07, 6.45) is -3.51. The third-order valence-electron chi connectivity index (χ3n) is 9.84. The van der Waals surface area contributed by atoms with Crippen molar-refractivity contribution in [2.24, 2.45) is 17.3 Å². The van der Waals surface area contributed by atoms with Gasteiger partial charge in [0.2, 0.25) is 0 Å². The highest BCUT2D eigenvalue weighted by atomic mass is 19.4. The lowest BCUT2D eigenvalue weighted by molar-refractivity contribution is -0.362. The van der Waals surface area contributed by atoms with Crippen LogP contribution in [-0.4, -0.2) is 41.2 Å². The van der Waals surface area contributed by atoms with Gasteiger partial charge in [-0.05, 0) is 85.6 Å². The van der Waals surface area contributed by atoms with E-state index in [1.807, 2.05) is 0 Å². The zero-order chi connectivity index (χ0) is 29.1. The van der Waals surface area contributed by atoms with Gasteiger partial charge in [-0.25, -0.2) is 4.79 Å². The summed E-state index contributed by atoms with van der Waals surface area (Å²) in [5, 5.41) is 13.9. The van der Waals surface area contributed by atoms with E-state index < -0.39 is 47.5 Å². The first kappa shape index (κ1) is 28.8. The lowest BCUT2D eigenvalue weighted by atomic mass is 9.50. The molecule has 0 aliphatic heterocycles. The Morgan fingerprint density at radius 2 is 1.80 bits per heavy atom. The monoisotopic (exact) mass is 567 g/mol. The lowest BCUT2D eigenvalue weighted by Crippen LogP contribution is -2.65. The van der Waals surface area contributed by atoms with Gasteiger partial charge in [-0.2, -0.15) is 22.0 Å². The summed E-state index contributed by atoms with van der Waals surface area (Å²) in [4.78, 5) is 23.8. The number of carbonyl (C=O) groups is 2. The molecule has 1 amide bonds. The summed E-state index contributed by atoms with van der Waals surface area (Å²) in [6.45, 7) is 3.60. The quantitative estimate of drug-likeness (QED) is 0.386. The molecule has 40 heavy (non-hydrogen) atoms. The maximum Gasteiger partial charge on any atom is 0.456 e. The molecule has 4 aliphatic rings. The molecule has 218 valence electrons. The van der Waals surface area contributed by atoms with Crippen LogP contribution in [0.2, 0.25) is 0 Å². The summed E-state index contributed by atoms with van der Waals surface area (Å²) in [6, 6.07) is 7.07. The number of alkyl halides is 5. The van der Waals surface area contributed by atoms with E-state index in [1.165, 1.54) is 6.92 Å². The van der Waals surface area contributed by atoms with Crippen molar-refractivity contribution >= 4 is 11.9 Å². The van der Waals surface area contributed by atoms with E-state index >= 15 is 8.78 Å². The molecule has 2 unspecified atom stereocenters. The van der Waals surface area contributed by atoms with Crippen LogP contribution in [-0.2, 0) is 16.1 Å². The highest BCUT2D eigenvalue weighted by Gasteiger charge is 2.79. The van der Waals surface area contributed by atoms with Crippen LogP contribution in [0.1, 0.15) is 75.8 Å². The molecule has 5 atom stereocenters. The minimum atomic E-state index is -5.88. The zero-order valence-corrected chi connectivity index (χ0v) is 22.5. The van der Waals surface area contributed by atoms with E-state index in [9.17, 15) is 27.9 Å². The summed E-state index contributed by atoms with van der Waals surface area (Å²) in [5.74, 6) is -6.57. The van der Waals surface area contributed by atoms with E-state index in [0.717, 1.165) is 22.3 Å². The maximum atomic E-state index is 15.1. The Hall–Kier alpha value is -2.75. The number of alkyl carbamates (subject to hydrolysis) is 1. The molecule has 2 N–H and O–H groups in total. The predicted molar refractivity (Wildman–Crippen MR) is 137 cm³/mol. The highest BCUT2D eigenvalue weighted by Crippen LogP contribution is 2.70. The second kappa shape index (κ2) is 9.96. The molecule has 4 aliphatic carbocycles. The minimum Gasteiger partial charge on any atom is -0.445 e. The number of aliphatic hydroxyl groups is 1. The Bertz CT molecular complexity index is 1250. The molecule has 0 heterocycles. The number of halogens is 5. The van der Waals surface area contributed by atoms with Crippen molar-refractivity contribution in [2.45, 2.75) is 89.0 Å². The van der Waals surface area contributed by atoms with Gasteiger partial charge in [-0.3, -0.25) is 4.79 Å². The predicted octanol–water partition coefficient (Wildman–Crippen LogP) is 6.76. The van der Waals surface area contributed by atoms with Crippen molar-refractivity contribution in [3.8, 4) is 0 Å². The van der Waals surface area contributed by atoms with Crippen LogP contribution in [0.5, 0.6) is 0 Å². The van der Waals surface area contributed by atoms with Gasteiger partial charge in [-0.15, -0.1) is 0 Å². The molecule has 0 aromatic heterocycles. The van der Waals surface area contributed by atoms with Gasteiger partial charge >= 0.3 is 18.2 Å². The van der Waals surface area contributed by atoms with Crippen LogP contribution in [0.15, 0.2) is 47.1 Å². The SMILES string of the molecule is CCNC(=O)OCc1ccc([C@H]2C[C@@]3(C)C(CC[C@@]3(O)C(F)(F)C(F)(F)F)C3CCC4=CC(=O)CCC4=C32)cc1. The normalized spacial score (nSPS) is 32.1. The third-order valence-corrected chi connectivity index (χ3v) is 9.84. The number of fused-ring (bicyclic) bond motifs is 4. The van der Waals surface area contributed by atoms with Crippen LogP contribution in [0.4, 0.5) is 26.7 Å². The smallest absolute Gasteiger partial charge is 0.445 e. The van der Waals surface area contributed by atoms with Gasteiger partial charge in [-0.1, -0.05) is 36.8 Å². The molecule has 10 heteroatoms. The van der Waals surface area contributed by atoms with Gasteiger partial charge in [0.1, 0.15) is 12.2 Å². The molecule has 0 radical (unpaired) electrons. The van der Waals surface area contributed by atoms with Gasteiger partial charge in [0.05, 0.1) is 0 Å². The van der Waals surface area contributed by atoms with Gasteiger partial charge in [0.15, 0.2) is 5.78 Å². The van der Waals surface area contributed by atoms with E-state index in [1.54, 1.807) is 37.3 Å². The first-order valence-corrected chi connectivity index (χ1v) is 13.9. The fourth-order valence-electron chi connectivity index (χ4n) is 7.90. The number of rotatable bonds is 5. The zero-order valence-electron chi connectivity index (χ0n) is 22.5. The first-order chi connectivity index (χ1) is 18.7. The van der Waals surface area contributed by atoms with Crippen molar-refractivity contribution in [3.05, 3.63) is 58.2 Å². The topological polar surface area (TPSA) is 75.6 Å². The molecule has 5 rings (SSSR count). The summed E-state index contributed by atoms with van der Waals surface area (Å²) < 4.78 is 76.4. The maximum absolute atomic E-state index is 15.1. The van der Waals surface area contributed by atoms with Gasteiger partial charge < -0.3 is 15.2 Å². The number of hydrogen-bond acceptors (Lipinski definition) is 4. The molecule has 0 spiro atoms. The number of allylic oxidation sites excluding steroid dienone is 4. The number of hydrogen-bond donors (Lipinski definition) is 2. The third kappa shape index (κ3) is 4.37. The van der Waals surface area contributed by atoms with Crippen molar-refractivity contribution in [1.29, 1.82) is 0 Å². The van der Waals surface area contributed by atoms with Crippen molar-refractivity contribution < 1.29 is 41.4 Å². The second-order valence-corrected chi connectivity index (χ2v) is 11.8. The second-order valence-electron chi connectivity index (χ2n) is 11.8. The number of carbonyl (C=O) groups excluding carboxylic acids is 2. The lowest BCUT2D eigenvalue weighted by Gasteiger charge is -2.56. The van der Waals surface area contributed by atoms with Crippen molar-refractivity contribution in [3.63, 3.8) is 0 Å². The van der Waals surface area contributed by atoms with Crippen LogP contribution >= 0.6 is 0 Å². The molecule has 2 fully saturated rings. The van der Waals surface area contributed by atoms with E-state index in [0.29, 0.717) is 37.8 Å². The van der Waals surface area contributed by atoms with Crippen LogP contribution < -0.4 is 5.32 Å². The molecule has 1 aromatic rings. The minimum absolute atomic E-state index is 0.0136. The fourth-order valence-corrected chi connectivity index (χ4v) is 7.90. The van der Waals surface area contributed by atoms with E-state index in [4.69, 9.17) is 4.74 Å². The molecular formula is C30H34F5NO4. The van der Waals surface area contributed by atoms with Crippen molar-refractivity contribution in [2.75, 3.05) is 6.54 Å². The Morgan fingerprint density at radius 3 is 2.45 bits per heavy atom. The molecule has 2 saturated carbocycles. The summed E-state index contributed by atoms with van der Waals surface area (Å²) in [7, 11) is 0. The molecule has 0 bridgehead atoms. The number of ether oxygens (including phenoxy) is 1. The van der Waals surface area contributed by atoms with E-state index in [-0.39, 0.29) is 31.1 Å². The molecule has 5 nitrogen and oxygen atoms in total. The standard InChI is InChI=1S/C30H34F5NO4/c1-3-36-26(38)40-16-17-4-6-18(7-5-17)23-15-27(2)24(12-13-28(27,39)29(31,32)30(33,34)35)22-10-8-19-14-20(37)9-11-21(19)25(22)23/h4-7,14,22-24,39H,3,8-13,15-16H2,1-2H3,(H,36,38)/t22?,23-,24?,27+,28+/m1/s1. The van der Waals surface area contributed by atoms with Gasteiger partial charge in [0.25, 0.3) is 0 Å². The first-order valence-electron chi connectivity index (χ1n) is 13.9. The van der Waals surface area contributed by atoms with Crippen LogP contribution in [0.25, 0.3) is 0 Å². The molecular weight excluding hydrogens is 533 g/mol.